The minimum Gasteiger partial charge on any atom is -0.273 e. The smallest absolute Gasteiger partial charge is 0.240 e. The lowest BCUT2D eigenvalue weighted by atomic mass is 9.95. The van der Waals surface area contributed by atoms with Gasteiger partial charge in [0, 0.05) is 18.4 Å². The van der Waals surface area contributed by atoms with Crippen molar-refractivity contribution in [3.8, 4) is 11.1 Å². The fraction of sp³-hybridized carbons (Fsp3) is 0.222. The highest BCUT2D eigenvalue weighted by Crippen LogP contribution is 2.28. The molecule has 0 aromatic heterocycles. The topological polar surface area (TPSA) is 41.5 Å². The molecule has 0 aliphatic carbocycles. The van der Waals surface area contributed by atoms with E-state index >= 15 is 0 Å². The van der Waals surface area contributed by atoms with Crippen molar-refractivity contribution in [2.45, 2.75) is 26.7 Å². The van der Waals surface area contributed by atoms with E-state index in [9.17, 15) is 9.18 Å². The zero-order chi connectivity index (χ0) is 15.7. The standard InChI is InChI=1S/C18H17FN2O/c1-11-3-5-15(16(19)9-11)14-6-4-13(10-12(14)2)17-7-8-18(22)21-20-17/h3-6,9-10H,7-8H2,1-2H3,(H,21,22). The van der Waals surface area contributed by atoms with Crippen LogP contribution < -0.4 is 5.43 Å². The molecule has 0 spiro atoms. The molecule has 22 heavy (non-hydrogen) atoms. The molecule has 1 N–H and O–H groups in total. The van der Waals surface area contributed by atoms with Gasteiger partial charge in [0.2, 0.25) is 5.91 Å². The van der Waals surface area contributed by atoms with Crippen molar-refractivity contribution in [1.82, 2.24) is 5.43 Å². The summed E-state index contributed by atoms with van der Waals surface area (Å²) in [6, 6.07) is 11.1. The maximum Gasteiger partial charge on any atom is 0.240 e. The number of amides is 1. The molecule has 3 rings (SSSR count). The Labute approximate surface area is 128 Å². The third-order valence-corrected chi connectivity index (χ3v) is 3.88. The molecular weight excluding hydrogens is 279 g/mol. The number of rotatable bonds is 2. The van der Waals surface area contributed by atoms with Gasteiger partial charge in [-0.05, 0) is 48.2 Å². The van der Waals surface area contributed by atoms with E-state index in [4.69, 9.17) is 0 Å². The molecule has 0 unspecified atom stereocenters. The second kappa shape index (κ2) is 5.72. The van der Waals surface area contributed by atoms with Gasteiger partial charge in [0.1, 0.15) is 5.82 Å². The van der Waals surface area contributed by atoms with Crippen LogP contribution in [0.5, 0.6) is 0 Å². The molecule has 3 nitrogen and oxygen atoms in total. The number of hydrogen-bond acceptors (Lipinski definition) is 2. The maximum absolute atomic E-state index is 14.1. The van der Waals surface area contributed by atoms with E-state index in [0.717, 1.165) is 28.0 Å². The molecule has 0 bridgehead atoms. The van der Waals surface area contributed by atoms with Gasteiger partial charge in [-0.2, -0.15) is 5.10 Å². The summed E-state index contributed by atoms with van der Waals surface area (Å²) in [5.74, 6) is -0.267. The summed E-state index contributed by atoms with van der Waals surface area (Å²) in [5, 5.41) is 4.10. The molecule has 1 heterocycles. The predicted octanol–water partition coefficient (Wildman–Crippen LogP) is 3.72. The number of hydrogen-bond donors (Lipinski definition) is 1. The van der Waals surface area contributed by atoms with Gasteiger partial charge >= 0.3 is 0 Å². The number of aryl methyl sites for hydroxylation is 2. The molecular formula is C18H17FN2O. The SMILES string of the molecule is Cc1ccc(-c2ccc(C3=NNC(=O)CC3)cc2C)c(F)c1. The minimum absolute atomic E-state index is 0.0566. The third kappa shape index (κ3) is 2.77. The molecule has 1 aliphatic rings. The van der Waals surface area contributed by atoms with Crippen LogP contribution in [0.2, 0.25) is 0 Å². The first-order chi connectivity index (χ1) is 10.5. The fourth-order valence-electron chi connectivity index (χ4n) is 2.67. The molecule has 0 saturated heterocycles. The Bertz CT molecular complexity index is 781. The quantitative estimate of drug-likeness (QED) is 0.901. The fourth-order valence-corrected chi connectivity index (χ4v) is 2.67. The summed E-state index contributed by atoms with van der Waals surface area (Å²) in [7, 11) is 0. The highest BCUT2D eigenvalue weighted by Gasteiger charge is 2.15. The van der Waals surface area contributed by atoms with E-state index in [2.05, 4.69) is 10.5 Å². The molecule has 2 aromatic carbocycles. The lowest BCUT2D eigenvalue weighted by Gasteiger charge is -2.14. The number of halogens is 1. The van der Waals surface area contributed by atoms with Gasteiger partial charge in [-0.15, -0.1) is 0 Å². The van der Waals surface area contributed by atoms with E-state index in [-0.39, 0.29) is 11.7 Å². The van der Waals surface area contributed by atoms with Gasteiger partial charge in [0.05, 0.1) is 5.71 Å². The van der Waals surface area contributed by atoms with Crippen molar-refractivity contribution < 1.29 is 9.18 Å². The summed E-state index contributed by atoms with van der Waals surface area (Å²) >= 11 is 0. The van der Waals surface area contributed by atoms with Crippen molar-refractivity contribution >= 4 is 11.6 Å². The lowest BCUT2D eigenvalue weighted by molar-refractivity contribution is -0.121. The number of nitrogens with zero attached hydrogens (tertiary/aromatic N) is 1. The first-order valence-electron chi connectivity index (χ1n) is 7.27. The van der Waals surface area contributed by atoms with E-state index in [1.165, 1.54) is 0 Å². The van der Waals surface area contributed by atoms with E-state index in [0.29, 0.717) is 18.4 Å². The summed E-state index contributed by atoms with van der Waals surface area (Å²) in [6.45, 7) is 3.83. The molecule has 1 aliphatic heterocycles. The van der Waals surface area contributed by atoms with Crippen molar-refractivity contribution in [3.05, 3.63) is 58.9 Å². The van der Waals surface area contributed by atoms with Crippen LogP contribution in [0.25, 0.3) is 11.1 Å². The molecule has 4 heteroatoms. The van der Waals surface area contributed by atoms with Crippen LogP contribution in [-0.2, 0) is 4.79 Å². The van der Waals surface area contributed by atoms with Crippen LogP contribution in [0.4, 0.5) is 4.39 Å². The molecule has 0 atom stereocenters. The summed E-state index contributed by atoms with van der Waals surface area (Å²) in [5.41, 5.74) is 7.70. The van der Waals surface area contributed by atoms with Crippen LogP contribution in [0, 0.1) is 19.7 Å². The first-order valence-corrected chi connectivity index (χ1v) is 7.27. The Balaban J connectivity index is 1.97. The second-order valence-electron chi connectivity index (χ2n) is 5.61. The molecule has 112 valence electrons. The van der Waals surface area contributed by atoms with Crippen molar-refractivity contribution in [3.63, 3.8) is 0 Å². The van der Waals surface area contributed by atoms with Gasteiger partial charge in [-0.3, -0.25) is 4.79 Å². The number of carbonyl (C=O) groups is 1. The zero-order valence-electron chi connectivity index (χ0n) is 12.6. The van der Waals surface area contributed by atoms with Gasteiger partial charge in [0.25, 0.3) is 0 Å². The van der Waals surface area contributed by atoms with Crippen LogP contribution in [-0.4, -0.2) is 11.6 Å². The first kappa shape index (κ1) is 14.4. The molecule has 0 radical (unpaired) electrons. The highest BCUT2D eigenvalue weighted by atomic mass is 19.1. The minimum atomic E-state index is -0.210. The van der Waals surface area contributed by atoms with Crippen molar-refractivity contribution in [2.75, 3.05) is 0 Å². The number of benzene rings is 2. The molecule has 1 amide bonds. The predicted molar refractivity (Wildman–Crippen MR) is 85.2 cm³/mol. The van der Waals surface area contributed by atoms with E-state index < -0.39 is 0 Å². The summed E-state index contributed by atoms with van der Waals surface area (Å²) in [6.07, 6.45) is 1.08. The summed E-state index contributed by atoms with van der Waals surface area (Å²) in [4.78, 5) is 11.2. The van der Waals surface area contributed by atoms with Gasteiger partial charge in [-0.25, -0.2) is 9.82 Å². The number of hydrazone groups is 1. The molecule has 0 fully saturated rings. The normalized spacial score (nSPS) is 14.5. The number of nitrogens with one attached hydrogen (secondary N) is 1. The monoisotopic (exact) mass is 296 g/mol. The van der Waals surface area contributed by atoms with Crippen LogP contribution in [0.1, 0.15) is 29.5 Å². The average Bonchev–Trinajstić information content (AvgIpc) is 2.49. The largest absolute Gasteiger partial charge is 0.273 e. The Morgan fingerprint density at radius 2 is 1.82 bits per heavy atom. The Morgan fingerprint density at radius 3 is 2.45 bits per heavy atom. The summed E-state index contributed by atoms with van der Waals surface area (Å²) < 4.78 is 14.1. The molecule has 2 aromatic rings. The average molecular weight is 296 g/mol. The van der Waals surface area contributed by atoms with Crippen LogP contribution in [0.3, 0.4) is 0 Å². The Kier molecular flexibility index (Phi) is 3.75. The highest BCUT2D eigenvalue weighted by molar-refractivity contribution is 6.04. The van der Waals surface area contributed by atoms with Crippen LogP contribution >= 0.6 is 0 Å². The van der Waals surface area contributed by atoms with Gasteiger partial charge in [-0.1, -0.05) is 24.3 Å². The third-order valence-electron chi connectivity index (χ3n) is 3.88. The maximum atomic E-state index is 14.1. The van der Waals surface area contributed by atoms with Gasteiger partial charge < -0.3 is 0 Å². The van der Waals surface area contributed by atoms with Crippen molar-refractivity contribution in [1.29, 1.82) is 0 Å². The van der Waals surface area contributed by atoms with E-state index in [1.54, 1.807) is 6.07 Å². The van der Waals surface area contributed by atoms with Crippen molar-refractivity contribution in [2.24, 2.45) is 5.10 Å². The Hall–Kier alpha value is -2.49. The number of carbonyl (C=O) groups excluding carboxylic acids is 1. The van der Waals surface area contributed by atoms with Gasteiger partial charge in [0.15, 0.2) is 0 Å². The second-order valence-corrected chi connectivity index (χ2v) is 5.61. The Morgan fingerprint density at radius 1 is 1.05 bits per heavy atom. The van der Waals surface area contributed by atoms with Crippen LogP contribution in [0.15, 0.2) is 41.5 Å². The lowest BCUT2D eigenvalue weighted by Crippen LogP contribution is -2.25. The molecule has 0 saturated carbocycles. The van der Waals surface area contributed by atoms with E-state index in [1.807, 2.05) is 44.2 Å². The zero-order valence-corrected chi connectivity index (χ0v) is 12.6.